The first-order valence-corrected chi connectivity index (χ1v) is 9.17. The van der Waals surface area contributed by atoms with Crippen molar-refractivity contribution >= 4 is 42.3 Å². The fourth-order valence-electron chi connectivity index (χ4n) is 2.11. The highest BCUT2D eigenvalue weighted by Crippen LogP contribution is 2.39. The first kappa shape index (κ1) is 13.8. The molecular weight excluding hydrogens is 336 g/mol. The molecule has 0 aromatic carbocycles. The predicted molar refractivity (Wildman–Crippen MR) is 76.6 cm³/mol. The van der Waals surface area contributed by atoms with Crippen LogP contribution in [-0.2, 0) is 22.9 Å². The molecule has 1 heterocycles. The third-order valence-electron chi connectivity index (χ3n) is 3.02. The first-order valence-electron chi connectivity index (χ1n) is 5.58. The van der Waals surface area contributed by atoms with Gasteiger partial charge in [-0.05, 0) is 30.7 Å². The Morgan fingerprint density at radius 3 is 2.94 bits per heavy atom. The van der Waals surface area contributed by atoms with Gasteiger partial charge in [-0.25, -0.2) is 8.42 Å². The number of nitriles is 1. The van der Waals surface area contributed by atoms with E-state index in [1.165, 1.54) is 11.3 Å². The monoisotopic (exact) mass is 348 g/mol. The molecule has 4 nitrogen and oxygen atoms in total. The highest BCUT2D eigenvalue weighted by Gasteiger charge is 2.25. The number of anilines is 1. The molecule has 0 aliphatic heterocycles. The quantitative estimate of drug-likeness (QED) is 0.853. The molecule has 0 fully saturated rings. The van der Waals surface area contributed by atoms with Gasteiger partial charge < -0.3 is 0 Å². The maximum atomic E-state index is 11.6. The maximum absolute atomic E-state index is 11.6. The fourth-order valence-corrected chi connectivity index (χ4v) is 4.65. The van der Waals surface area contributed by atoms with E-state index < -0.39 is 10.0 Å². The number of nitrogens with zero attached hydrogens (tertiary/aromatic N) is 1. The van der Waals surface area contributed by atoms with E-state index in [4.69, 9.17) is 0 Å². The number of sulfonamides is 1. The molecule has 0 bridgehead atoms. The van der Waals surface area contributed by atoms with Gasteiger partial charge in [-0.3, -0.25) is 4.72 Å². The third kappa shape index (κ3) is 2.71. The summed E-state index contributed by atoms with van der Waals surface area (Å²) in [5.41, 5.74) is 1.54. The Labute approximate surface area is 119 Å². The molecule has 1 aliphatic rings. The van der Waals surface area contributed by atoms with E-state index >= 15 is 0 Å². The summed E-state index contributed by atoms with van der Waals surface area (Å²) in [6.45, 7) is 2.18. The Kier molecular flexibility index (Phi) is 3.99. The Morgan fingerprint density at radius 2 is 2.33 bits per heavy atom. The van der Waals surface area contributed by atoms with Crippen LogP contribution in [0.4, 0.5) is 5.00 Å². The van der Waals surface area contributed by atoms with Crippen molar-refractivity contribution in [3.63, 3.8) is 0 Å². The normalized spacial score (nSPS) is 19.1. The van der Waals surface area contributed by atoms with Crippen LogP contribution in [0.2, 0.25) is 0 Å². The average Bonchev–Trinajstić information content (AvgIpc) is 2.64. The minimum atomic E-state index is -3.39. The van der Waals surface area contributed by atoms with Gasteiger partial charge in [-0.15, -0.1) is 11.3 Å². The van der Waals surface area contributed by atoms with Crippen molar-refractivity contribution in [3.05, 3.63) is 16.0 Å². The van der Waals surface area contributed by atoms with Gasteiger partial charge in [0.1, 0.15) is 15.7 Å². The number of hydrogen-bond donors (Lipinski definition) is 1. The Balaban J connectivity index is 2.41. The summed E-state index contributed by atoms with van der Waals surface area (Å²) in [5.74, 6) is 0.600. The lowest BCUT2D eigenvalue weighted by molar-refractivity contribution is 0.507. The summed E-state index contributed by atoms with van der Waals surface area (Å²) in [4.78, 5) is 1.15. The SMILES string of the molecule is CC1CCc2c(sc(NS(=O)(=O)CBr)c2C#N)C1. The van der Waals surface area contributed by atoms with Crippen molar-refractivity contribution in [3.8, 4) is 6.07 Å². The summed E-state index contributed by atoms with van der Waals surface area (Å²) in [6, 6.07) is 2.13. The zero-order chi connectivity index (χ0) is 13.3. The van der Waals surface area contributed by atoms with E-state index in [-0.39, 0.29) is 4.66 Å². The number of fused-ring (bicyclic) bond motifs is 1. The lowest BCUT2D eigenvalue weighted by atomic mass is 9.89. The molecule has 1 aromatic rings. The average molecular weight is 349 g/mol. The number of alkyl halides is 1. The summed E-state index contributed by atoms with van der Waals surface area (Å²) >= 11 is 4.33. The van der Waals surface area contributed by atoms with Crippen LogP contribution in [0.3, 0.4) is 0 Å². The van der Waals surface area contributed by atoms with Gasteiger partial charge in [0, 0.05) is 4.88 Å². The van der Waals surface area contributed by atoms with Crippen LogP contribution in [0.25, 0.3) is 0 Å². The van der Waals surface area contributed by atoms with Crippen LogP contribution in [0.15, 0.2) is 0 Å². The van der Waals surface area contributed by atoms with E-state index in [1.54, 1.807) is 0 Å². The van der Waals surface area contributed by atoms with Crippen LogP contribution in [-0.4, -0.2) is 13.1 Å². The molecule has 1 N–H and O–H groups in total. The standard InChI is InChI=1S/C11H13BrN2O2S2/c1-7-2-3-8-9(5-13)11(17-10(8)4-7)14-18(15,16)6-12/h7,14H,2-4,6H2,1H3. The summed E-state index contributed by atoms with van der Waals surface area (Å²) in [5, 5.41) is 9.68. The number of rotatable bonds is 3. The van der Waals surface area contributed by atoms with Crippen molar-refractivity contribution in [1.29, 1.82) is 5.26 Å². The molecule has 1 unspecified atom stereocenters. The second-order valence-electron chi connectivity index (χ2n) is 4.49. The van der Waals surface area contributed by atoms with Crippen LogP contribution >= 0.6 is 27.3 Å². The van der Waals surface area contributed by atoms with Gasteiger partial charge in [0.05, 0.1) is 5.56 Å². The minimum absolute atomic E-state index is 0.163. The largest absolute Gasteiger partial charge is 0.273 e. The van der Waals surface area contributed by atoms with E-state index in [9.17, 15) is 13.7 Å². The molecule has 0 radical (unpaired) electrons. The smallest absolute Gasteiger partial charge is 0.243 e. The third-order valence-corrected chi connectivity index (χ3v) is 6.92. The van der Waals surface area contributed by atoms with Gasteiger partial charge in [0.25, 0.3) is 0 Å². The van der Waals surface area contributed by atoms with E-state index in [2.05, 4.69) is 33.6 Å². The summed E-state index contributed by atoms with van der Waals surface area (Å²) < 4.78 is 25.4. The second kappa shape index (κ2) is 5.19. The summed E-state index contributed by atoms with van der Waals surface area (Å²) in [7, 11) is -3.39. The number of nitrogens with one attached hydrogen (secondary N) is 1. The van der Waals surface area contributed by atoms with Crippen molar-refractivity contribution in [2.24, 2.45) is 5.92 Å². The second-order valence-corrected chi connectivity index (χ2v) is 8.62. The Morgan fingerprint density at radius 1 is 1.61 bits per heavy atom. The topological polar surface area (TPSA) is 70.0 Å². The molecule has 1 atom stereocenters. The summed E-state index contributed by atoms with van der Waals surface area (Å²) in [6.07, 6.45) is 2.86. The fraction of sp³-hybridized carbons (Fsp3) is 0.545. The van der Waals surface area contributed by atoms with E-state index in [0.717, 1.165) is 29.7 Å². The van der Waals surface area contributed by atoms with Gasteiger partial charge >= 0.3 is 0 Å². The lowest BCUT2D eigenvalue weighted by Crippen LogP contribution is -2.13. The van der Waals surface area contributed by atoms with E-state index in [1.807, 2.05) is 0 Å². The molecular formula is C11H13BrN2O2S2. The molecule has 1 aromatic heterocycles. The first-order chi connectivity index (χ1) is 8.46. The van der Waals surface area contributed by atoms with Crippen LogP contribution < -0.4 is 4.72 Å². The predicted octanol–water partition coefficient (Wildman–Crippen LogP) is 2.84. The van der Waals surface area contributed by atoms with Gasteiger partial charge in [-0.1, -0.05) is 22.9 Å². The van der Waals surface area contributed by atoms with Crippen molar-refractivity contribution in [1.82, 2.24) is 0 Å². The zero-order valence-corrected chi connectivity index (χ0v) is 13.1. The zero-order valence-electron chi connectivity index (χ0n) is 9.86. The molecule has 2 rings (SSSR count). The van der Waals surface area contributed by atoms with Crippen LogP contribution in [0, 0.1) is 17.2 Å². The molecule has 7 heteroatoms. The lowest BCUT2D eigenvalue weighted by Gasteiger charge is -2.17. The van der Waals surface area contributed by atoms with Gasteiger partial charge in [0.15, 0.2) is 0 Å². The molecule has 1 aliphatic carbocycles. The van der Waals surface area contributed by atoms with E-state index in [0.29, 0.717) is 16.5 Å². The minimum Gasteiger partial charge on any atom is -0.273 e. The Hall–Kier alpha value is -0.580. The molecule has 0 saturated carbocycles. The Bertz CT molecular complexity index is 601. The van der Waals surface area contributed by atoms with Crippen LogP contribution in [0.1, 0.15) is 29.3 Å². The van der Waals surface area contributed by atoms with Crippen molar-refractivity contribution in [2.75, 3.05) is 9.38 Å². The number of halogens is 1. The van der Waals surface area contributed by atoms with Gasteiger partial charge in [0.2, 0.25) is 10.0 Å². The molecule has 98 valence electrons. The number of thiophene rings is 1. The highest BCUT2D eigenvalue weighted by atomic mass is 79.9. The maximum Gasteiger partial charge on any atom is 0.243 e. The van der Waals surface area contributed by atoms with Gasteiger partial charge in [-0.2, -0.15) is 5.26 Å². The highest BCUT2D eigenvalue weighted by molar-refractivity contribution is 9.10. The molecule has 18 heavy (non-hydrogen) atoms. The number of hydrogen-bond acceptors (Lipinski definition) is 4. The van der Waals surface area contributed by atoms with Crippen molar-refractivity contribution in [2.45, 2.75) is 26.2 Å². The molecule has 0 amide bonds. The molecule has 0 saturated heterocycles. The van der Waals surface area contributed by atoms with Crippen molar-refractivity contribution < 1.29 is 8.42 Å². The van der Waals surface area contributed by atoms with Crippen LogP contribution in [0.5, 0.6) is 0 Å². The molecule has 0 spiro atoms.